The maximum absolute atomic E-state index is 2.18. The molecule has 0 radical (unpaired) electrons. The quantitative estimate of drug-likeness (QED) is 0.416. The Labute approximate surface area is 58.1 Å². The summed E-state index contributed by atoms with van der Waals surface area (Å²) in [4.78, 5) is 0. The van der Waals surface area contributed by atoms with E-state index < -0.39 is 0 Å². The third-order valence-corrected chi connectivity index (χ3v) is 1.53. The first-order valence-electron chi connectivity index (χ1n) is 3.38. The van der Waals surface area contributed by atoms with Crippen molar-refractivity contribution in [1.82, 2.24) is 0 Å². The van der Waals surface area contributed by atoms with E-state index in [1.54, 1.807) is 0 Å². The molecule has 1 aromatic carbocycles. The van der Waals surface area contributed by atoms with Gasteiger partial charge in [0.05, 0.1) is 0 Å². The fraction of sp³-hybridized carbons (Fsp3) is 0.143. The van der Waals surface area contributed by atoms with Crippen molar-refractivity contribution in [3.63, 3.8) is 0 Å². The molecule has 0 nitrogen and oxygen atoms in total. The minimum Gasteiger partial charge on any atom is -0.0889 e. The van der Waals surface area contributed by atoms with Gasteiger partial charge in [-0.1, -0.05) is 41.6 Å². The summed E-state index contributed by atoms with van der Waals surface area (Å²) in [5.41, 5.74) is 2.76. The van der Waals surface area contributed by atoms with Gasteiger partial charge in [0, 0.05) is 0 Å². The molecular weight excluding hydrogens is 106 g/mol. The summed E-state index contributed by atoms with van der Waals surface area (Å²) in [5.74, 6) is 0. The predicted octanol–water partition coefficient (Wildman–Crippen LogP) is -0.922. The molecule has 0 amide bonds. The van der Waals surface area contributed by atoms with Gasteiger partial charge in [0.2, 0.25) is 0 Å². The fourth-order valence-electron chi connectivity index (χ4n) is 0.824. The van der Waals surface area contributed by atoms with Crippen LogP contribution >= 0.6 is 0 Å². The summed E-state index contributed by atoms with van der Waals surface area (Å²) >= 11 is 0. The summed E-state index contributed by atoms with van der Waals surface area (Å²) in [7, 11) is 4.28. The number of benzene rings is 1. The van der Waals surface area contributed by atoms with Crippen LogP contribution in [0.2, 0.25) is 0 Å². The van der Waals surface area contributed by atoms with Gasteiger partial charge in [-0.25, -0.2) is 0 Å². The average Bonchev–Trinajstić information content (AvgIpc) is 1.90. The van der Waals surface area contributed by atoms with Crippen molar-refractivity contribution >= 4 is 21.2 Å². The molecule has 0 spiro atoms. The molecule has 9 heavy (non-hydrogen) atoms. The standard InChI is InChI=1S/C7H10B2/c8-5-6-1-3-7(9)4-2-6/h1-4H,5,8-9H2. The number of hydrogen-bond donors (Lipinski definition) is 0. The second-order valence-corrected chi connectivity index (χ2v) is 2.34. The highest BCUT2D eigenvalue weighted by molar-refractivity contribution is 6.32. The minimum absolute atomic E-state index is 1.14. The van der Waals surface area contributed by atoms with E-state index in [-0.39, 0.29) is 0 Å². The number of hydrogen-bond acceptors (Lipinski definition) is 0. The highest BCUT2D eigenvalue weighted by Crippen LogP contribution is 1.93. The van der Waals surface area contributed by atoms with Crippen molar-refractivity contribution < 1.29 is 0 Å². The number of rotatable bonds is 1. The molecule has 0 bridgehead atoms. The fourth-order valence-corrected chi connectivity index (χ4v) is 0.824. The predicted molar refractivity (Wildman–Crippen MR) is 46.9 cm³/mol. The van der Waals surface area contributed by atoms with E-state index in [1.807, 2.05) is 0 Å². The monoisotopic (exact) mass is 116 g/mol. The maximum atomic E-state index is 2.18. The normalized spacial score (nSPS) is 9.33. The lowest BCUT2D eigenvalue weighted by molar-refractivity contribution is 1.41. The highest BCUT2D eigenvalue weighted by Gasteiger charge is 1.85. The van der Waals surface area contributed by atoms with Gasteiger partial charge in [0.25, 0.3) is 0 Å². The molecular formula is C7H10B2. The first-order valence-corrected chi connectivity index (χ1v) is 3.38. The summed E-state index contributed by atoms with van der Waals surface area (Å²) < 4.78 is 0. The van der Waals surface area contributed by atoms with E-state index in [2.05, 4.69) is 40.0 Å². The SMILES string of the molecule is BCc1ccc(B)cc1. The molecule has 0 saturated heterocycles. The lowest BCUT2D eigenvalue weighted by atomic mass is 9.91. The zero-order valence-electron chi connectivity index (χ0n) is 6.02. The van der Waals surface area contributed by atoms with Crippen molar-refractivity contribution in [1.29, 1.82) is 0 Å². The zero-order chi connectivity index (χ0) is 6.69. The Balaban J connectivity index is 2.88. The molecule has 1 aromatic rings. The van der Waals surface area contributed by atoms with Crippen LogP contribution in [0.15, 0.2) is 24.3 Å². The van der Waals surface area contributed by atoms with E-state index >= 15 is 0 Å². The van der Waals surface area contributed by atoms with E-state index in [9.17, 15) is 0 Å². The van der Waals surface area contributed by atoms with Gasteiger partial charge in [0.1, 0.15) is 15.7 Å². The van der Waals surface area contributed by atoms with E-state index in [0.29, 0.717) is 0 Å². The Morgan fingerprint density at radius 2 is 1.67 bits per heavy atom. The van der Waals surface area contributed by atoms with Crippen molar-refractivity contribution in [2.24, 2.45) is 0 Å². The molecule has 0 saturated carbocycles. The largest absolute Gasteiger partial charge is 0.139 e. The van der Waals surface area contributed by atoms with E-state index in [0.717, 1.165) is 6.32 Å². The van der Waals surface area contributed by atoms with Crippen LogP contribution < -0.4 is 5.46 Å². The van der Waals surface area contributed by atoms with Gasteiger partial charge in [-0.15, -0.1) is 0 Å². The Morgan fingerprint density at radius 1 is 1.11 bits per heavy atom. The molecule has 0 aliphatic carbocycles. The topological polar surface area (TPSA) is 0 Å². The van der Waals surface area contributed by atoms with Crippen LogP contribution in [0.5, 0.6) is 0 Å². The van der Waals surface area contributed by atoms with Crippen LogP contribution in [0, 0.1) is 0 Å². The van der Waals surface area contributed by atoms with Gasteiger partial charge in [0.15, 0.2) is 0 Å². The van der Waals surface area contributed by atoms with Crippen LogP contribution in [-0.4, -0.2) is 15.7 Å². The van der Waals surface area contributed by atoms with Crippen molar-refractivity contribution in [3.05, 3.63) is 29.8 Å². The van der Waals surface area contributed by atoms with Crippen molar-refractivity contribution in [2.45, 2.75) is 6.32 Å². The van der Waals surface area contributed by atoms with Gasteiger partial charge >= 0.3 is 0 Å². The van der Waals surface area contributed by atoms with Gasteiger partial charge in [-0.2, -0.15) is 0 Å². The Kier molecular flexibility index (Phi) is 1.99. The van der Waals surface area contributed by atoms with E-state index in [1.165, 1.54) is 11.0 Å². The van der Waals surface area contributed by atoms with Crippen molar-refractivity contribution in [3.8, 4) is 0 Å². The summed E-state index contributed by atoms with van der Waals surface area (Å²) in [6, 6.07) is 8.66. The molecule has 0 N–H and O–H groups in total. The van der Waals surface area contributed by atoms with Crippen LogP contribution in [0.4, 0.5) is 0 Å². The third-order valence-electron chi connectivity index (χ3n) is 1.53. The molecule has 0 heterocycles. The van der Waals surface area contributed by atoms with Crippen LogP contribution in [0.3, 0.4) is 0 Å². The summed E-state index contributed by atoms with van der Waals surface area (Å²) in [5, 5.41) is 0. The molecule has 0 aromatic heterocycles. The second-order valence-electron chi connectivity index (χ2n) is 2.34. The Morgan fingerprint density at radius 3 is 2.11 bits per heavy atom. The molecule has 0 fully saturated rings. The Bertz CT molecular complexity index is 179. The lowest BCUT2D eigenvalue weighted by Crippen LogP contribution is -2.00. The highest BCUT2D eigenvalue weighted by atomic mass is 13.9. The van der Waals surface area contributed by atoms with Gasteiger partial charge in [-0.05, 0) is 0 Å². The molecule has 0 atom stereocenters. The lowest BCUT2D eigenvalue weighted by Gasteiger charge is -1.94. The smallest absolute Gasteiger partial charge is 0.0889 e. The Hall–Kier alpha value is -0.650. The summed E-state index contributed by atoms with van der Waals surface area (Å²) in [6.45, 7) is 0. The third kappa shape index (κ3) is 1.63. The van der Waals surface area contributed by atoms with Crippen molar-refractivity contribution in [2.75, 3.05) is 0 Å². The first kappa shape index (κ1) is 6.47. The minimum atomic E-state index is 1.14. The van der Waals surface area contributed by atoms with Crippen LogP contribution in [0.1, 0.15) is 5.56 Å². The molecule has 0 aliphatic rings. The summed E-state index contributed by atoms with van der Waals surface area (Å²) in [6.07, 6.45) is 1.14. The van der Waals surface area contributed by atoms with Gasteiger partial charge in [-0.3, -0.25) is 0 Å². The maximum Gasteiger partial charge on any atom is 0.139 e. The molecule has 2 heteroatoms. The second kappa shape index (κ2) is 2.77. The first-order chi connectivity index (χ1) is 4.33. The molecule has 44 valence electrons. The average molecular weight is 116 g/mol. The van der Waals surface area contributed by atoms with Gasteiger partial charge < -0.3 is 0 Å². The zero-order valence-corrected chi connectivity index (χ0v) is 6.02. The molecule has 1 rings (SSSR count). The van der Waals surface area contributed by atoms with Crippen LogP contribution in [0.25, 0.3) is 0 Å². The van der Waals surface area contributed by atoms with Crippen LogP contribution in [-0.2, 0) is 6.32 Å². The molecule has 0 unspecified atom stereocenters. The molecule has 0 aliphatic heterocycles. The van der Waals surface area contributed by atoms with E-state index in [4.69, 9.17) is 0 Å².